The van der Waals surface area contributed by atoms with Crippen molar-refractivity contribution >= 4 is 45.8 Å². The Morgan fingerprint density at radius 2 is 2.20 bits per heavy atom. The molecule has 1 aromatic carbocycles. The SMILES string of the molecule is N=C(Cl)CC1C(N)=NCCN1Cc1cc(Cl)ccc1Cl. The van der Waals surface area contributed by atoms with Gasteiger partial charge in [0, 0.05) is 29.6 Å². The van der Waals surface area contributed by atoms with Crippen LogP contribution in [0.2, 0.25) is 10.0 Å². The number of halogens is 3. The molecule has 20 heavy (non-hydrogen) atoms. The summed E-state index contributed by atoms with van der Waals surface area (Å²) in [6.07, 6.45) is 0.356. The number of benzene rings is 1. The van der Waals surface area contributed by atoms with Gasteiger partial charge in [0.05, 0.1) is 17.8 Å². The van der Waals surface area contributed by atoms with E-state index < -0.39 is 0 Å². The van der Waals surface area contributed by atoms with E-state index >= 15 is 0 Å². The first-order valence-electron chi connectivity index (χ1n) is 6.18. The fourth-order valence-electron chi connectivity index (χ4n) is 2.23. The molecular formula is C13H15Cl3N4. The molecule has 7 heteroatoms. The molecule has 0 bridgehead atoms. The van der Waals surface area contributed by atoms with Crippen molar-refractivity contribution in [2.75, 3.05) is 13.1 Å². The fraction of sp³-hybridized carbons (Fsp3) is 0.385. The predicted molar refractivity (Wildman–Crippen MR) is 85.3 cm³/mol. The van der Waals surface area contributed by atoms with Crippen LogP contribution in [-0.4, -0.2) is 35.0 Å². The van der Waals surface area contributed by atoms with Crippen LogP contribution in [0.5, 0.6) is 0 Å². The van der Waals surface area contributed by atoms with Gasteiger partial charge < -0.3 is 5.73 Å². The van der Waals surface area contributed by atoms with Gasteiger partial charge in [-0.2, -0.15) is 0 Å². The fourth-order valence-corrected chi connectivity index (χ4v) is 2.75. The lowest BCUT2D eigenvalue weighted by Crippen LogP contribution is -2.49. The highest BCUT2D eigenvalue weighted by Gasteiger charge is 2.26. The molecule has 0 radical (unpaired) electrons. The number of nitrogens with one attached hydrogen (secondary N) is 1. The van der Waals surface area contributed by atoms with Gasteiger partial charge in [-0.05, 0) is 23.8 Å². The summed E-state index contributed by atoms with van der Waals surface area (Å²) in [5.74, 6) is 0.514. The van der Waals surface area contributed by atoms with E-state index in [1.807, 2.05) is 6.07 Å². The van der Waals surface area contributed by atoms with Crippen LogP contribution in [0.3, 0.4) is 0 Å². The molecule has 0 saturated carbocycles. The first kappa shape index (κ1) is 15.6. The minimum absolute atomic E-state index is 0.0669. The first-order chi connectivity index (χ1) is 9.47. The summed E-state index contributed by atoms with van der Waals surface area (Å²) in [7, 11) is 0. The van der Waals surface area contributed by atoms with Crippen LogP contribution >= 0.6 is 34.8 Å². The van der Waals surface area contributed by atoms with Crippen molar-refractivity contribution in [3.05, 3.63) is 33.8 Å². The van der Waals surface area contributed by atoms with Crippen molar-refractivity contribution in [3.8, 4) is 0 Å². The average molecular weight is 334 g/mol. The van der Waals surface area contributed by atoms with Gasteiger partial charge >= 0.3 is 0 Å². The Morgan fingerprint density at radius 1 is 1.45 bits per heavy atom. The third kappa shape index (κ3) is 3.85. The van der Waals surface area contributed by atoms with Crippen LogP contribution in [0.15, 0.2) is 23.2 Å². The largest absolute Gasteiger partial charge is 0.386 e. The minimum Gasteiger partial charge on any atom is -0.386 e. The van der Waals surface area contributed by atoms with Gasteiger partial charge in [0.2, 0.25) is 0 Å². The lowest BCUT2D eigenvalue weighted by molar-refractivity contribution is 0.232. The highest BCUT2D eigenvalue weighted by molar-refractivity contribution is 6.64. The molecule has 108 valence electrons. The number of nitrogens with zero attached hydrogens (tertiary/aromatic N) is 2. The summed E-state index contributed by atoms with van der Waals surface area (Å²) in [6.45, 7) is 1.99. The van der Waals surface area contributed by atoms with Gasteiger partial charge in [-0.15, -0.1) is 0 Å². The second-order valence-corrected chi connectivity index (χ2v) is 5.94. The molecule has 1 aromatic rings. The summed E-state index contributed by atoms with van der Waals surface area (Å²) in [5, 5.41) is 8.82. The zero-order valence-electron chi connectivity index (χ0n) is 10.7. The van der Waals surface area contributed by atoms with Crippen molar-refractivity contribution in [3.63, 3.8) is 0 Å². The Labute approximate surface area is 133 Å². The van der Waals surface area contributed by atoms with Gasteiger partial charge in [-0.1, -0.05) is 34.8 Å². The smallest absolute Gasteiger partial charge is 0.112 e. The predicted octanol–water partition coefficient (Wildman–Crippen LogP) is 3.14. The van der Waals surface area contributed by atoms with E-state index in [2.05, 4.69) is 9.89 Å². The summed E-state index contributed by atoms with van der Waals surface area (Å²) >= 11 is 17.9. The number of aliphatic imine (C=N–C) groups is 1. The molecule has 0 aromatic heterocycles. The van der Waals surface area contributed by atoms with Gasteiger partial charge in [-0.3, -0.25) is 15.3 Å². The van der Waals surface area contributed by atoms with Gasteiger partial charge in [0.25, 0.3) is 0 Å². The Hall–Kier alpha value is -0.810. The van der Waals surface area contributed by atoms with E-state index in [0.717, 1.165) is 12.1 Å². The quantitative estimate of drug-likeness (QED) is 0.831. The lowest BCUT2D eigenvalue weighted by Gasteiger charge is -2.34. The standard InChI is InChI=1S/C13H15Cl3N4/c14-9-1-2-10(15)8(5-9)7-20-4-3-19-13(18)11(20)6-12(16)17/h1-2,5,11,17H,3-4,6-7H2,(H2,18,19). The molecule has 0 fully saturated rings. The molecule has 1 aliphatic heterocycles. The molecule has 0 aliphatic carbocycles. The summed E-state index contributed by atoms with van der Waals surface area (Å²) in [5.41, 5.74) is 6.86. The molecule has 4 nitrogen and oxygen atoms in total. The zero-order chi connectivity index (χ0) is 14.7. The van der Waals surface area contributed by atoms with Crippen LogP contribution in [0.25, 0.3) is 0 Å². The lowest BCUT2D eigenvalue weighted by atomic mass is 10.1. The van der Waals surface area contributed by atoms with Gasteiger partial charge in [0.15, 0.2) is 0 Å². The second kappa shape index (κ2) is 6.76. The highest BCUT2D eigenvalue weighted by atomic mass is 35.5. The van der Waals surface area contributed by atoms with Crippen LogP contribution in [-0.2, 0) is 6.54 Å². The van der Waals surface area contributed by atoms with Crippen molar-refractivity contribution in [1.82, 2.24) is 4.90 Å². The molecule has 0 amide bonds. The Morgan fingerprint density at radius 3 is 2.90 bits per heavy atom. The second-order valence-electron chi connectivity index (χ2n) is 4.64. The van der Waals surface area contributed by atoms with Crippen LogP contribution < -0.4 is 5.73 Å². The number of rotatable bonds is 4. The van der Waals surface area contributed by atoms with E-state index in [1.165, 1.54) is 0 Å². The van der Waals surface area contributed by atoms with Crippen molar-refractivity contribution in [1.29, 1.82) is 5.41 Å². The monoisotopic (exact) mass is 332 g/mol. The zero-order valence-corrected chi connectivity index (χ0v) is 13.0. The van der Waals surface area contributed by atoms with E-state index in [9.17, 15) is 0 Å². The Bertz CT molecular complexity index is 544. The third-order valence-corrected chi connectivity index (χ3v) is 3.98. The van der Waals surface area contributed by atoms with E-state index in [0.29, 0.717) is 35.4 Å². The molecule has 1 aliphatic rings. The number of hydrogen-bond donors (Lipinski definition) is 2. The van der Waals surface area contributed by atoms with E-state index in [-0.39, 0.29) is 11.2 Å². The molecule has 0 spiro atoms. The molecule has 2 rings (SSSR count). The van der Waals surface area contributed by atoms with Gasteiger partial charge in [0.1, 0.15) is 5.84 Å². The minimum atomic E-state index is -0.163. The molecule has 1 unspecified atom stereocenters. The summed E-state index contributed by atoms with van der Waals surface area (Å²) in [4.78, 5) is 6.36. The molecule has 1 heterocycles. The highest BCUT2D eigenvalue weighted by Crippen LogP contribution is 2.24. The topological polar surface area (TPSA) is 65.5 Å². The molecule has 0 saturated heterocycles. The molecular weight excluding hydrogens is 319 g/mol. The van der Waals surface area contributed by atoms with Crippen LogP contribution in [0.4, 0.5) is 0 Å². The molecule has 3 N–H and O–H groups in total. The van der Waals surface area contributed by atoms with Crippen molar-refractivity contribution < 1.29 is 0 Å². The number of hydrogen-bond acceptors (Lipinski definition) is 4. The van der Waals surface area contributed by atoms with E-state index in [4.69, 9.17) is 45.9 Å². The Balaban J connectivity index is 2.19. The van der Waals surface area contributed by atoms with Crippen molar-refractivity contribution in [2.45, 2.75) is 19.0 Å². The van der Waals surface area contributed by atoms with Crippen molar-refractivity contribution in [2.24, 2.45) is 10.7 Å². The van der Waals surface area contributed by atoms with Gasteiger partial charge in [-0.25, -0.2) is 0 Å². The maximum absolute atomic E-state index is 7.45. The number of nitrogens with two attached hydrogens (primary N) is 1. The number of amidine groups is 1. The third-order valence-electron chi connectivity index (χ3n) is 3.22. The maximum Gasteiger partial charge on any atom is 0.112 e. The molecule has 1 atom stereocenters. The normalized spacial score (nSPS) is 19.8. The first-order valence-corrected chi connectivity index (χ1v) is 7.31. The van der Waals surface area contributed by atoms with Crippen LogP contribution in [0.1, 0.15) is 12.0 Å². The average Bonchev–Trinajstić information content (AvgIpc) is 2.37. The summed E-state index contributed by atoms with van der Waals surface area (Å²) < 4.78 is 0. The summed E-state index contributed by atoms with van der Waals surface area (Å²) in [6, 6.07) is 5.21. The van der Waals surface area contributed by atoms with Crippen LogP contribution in [0, 0.1) is 5.41 Å². The van der Waals surface area contributed by atoms with E-state index in [1.54, 1.807) is 12.1 Å². The maximum atomic E-state index is 7.45. The Kier molecular flexibility index (Phi) is 5.27.